The SMILES string of the molecule is CN(CCn1nc2ccccn2c1=O)C1CCCNCC1. The third-order valence-electron chi connectivity index (χ3n) is 4.32. The molecule has 6 nitrogen and oxygen atoms in total. The summed E-state index contributed by atoms with van der Waals surface area (Å²) in [5.41, 5.74) is 0.658. The highest BCUT2D eigenvalue weighted by atomic mass is 16.2. The fourth-order valence-electron chi connectivity index (χ4n) is 2.99. The van der Waals surface area contributed by atoms with E-state index < -0.39 is 0 Å². The lowest BCUT2D eigenvalue weighted by atomic mass is 10.1. The van der Waals surface area contributed by atoms with Crippen molar-refractivity contribution in [1.82, 2.24) is 24.4 Å². The molecular weight excluding hydrogens is 266 g/mol. The Bertz CT molecular complexity index is 639. The Balaban J connectivity index is 1.65. The molecular formula is C15H23N5O. The Morgan fingerprint density at radius 2 is 2.29 bits per heavy atom. The van der Waals surface area contributed by atoms with Crippen molar-refractivity contribution in [3.05, 3.63) is 34.9 Å². The van der Waals surface area contributed by atoms with Gasteiger partial charge < -0.3 is 10.2 Å². The highest BCUT2D eigenvalue weighted by molar-refractivity contribution is 5.35. The second-order valence-electron chi connectivity index (χ2n) is 5.75. The molecule has 1 unspecified atom stereocenters. The molecule has 0 bridgehead atoms. The lowest BCUT2D eigenvalue weighted by Gasteiger charge is -2.26. The Morgan fingerprint density at radius 3 is 3.14 bits per heavy atom. The number of nitrogens with one attached hydrogen (secondary N) is 1. The third-order valence-corrected chi connectivity index (χ3v) is 4.32. The molecule has 2 aromatic heterocycles. The number of hydrogen-bond donors (Lipinski definition) is 1. The van der Waals surface area contributed by atoms with Gasteiger partial charge in [0.05, 0.1) is 6.54 Å². The summed E-state index contributed by atoms with van der Waals surface area (Å²) in [4.78, 5) is 14.6. The van der Waals surface area contributed by atoms with E-state index in [4.69, 9.17) is 0 Å². The highest BCUT2D eigenvalue weighted by Gasteiger charge is 2.17. The van der Waals surface area contributed by atoms with E-state index >= 15 is 0 Å². The molecule has 1 aliphatic heterocycles. The first kappa shape index (κ1) is 14.3. The quantitative estimate of drug-likeness (QED) is 0.894. The maximum Gasteiger partial charge on any atom is 0.350 e. The number of rotatable bonds is 4. The molecule has 1 atom stereocenters. The molecule has 1 saturated heterocycles. The van der Waals surface area contributed by atoms with E-state index in [0.29, 0.717) is 18.2 Å². The lowest BCUT2D eigenvalue weighted by molar-refractivity contribution is 0.213. The topological polar surface area (TPSA) is 54.6 Å². The van der Waals surface area contributed by atoms with Gasteiger partial charge >= 0.3 is 5.69 Å². The fourth-order valence-corrected chi connectivity index (χ4v) is 2.99. The second kappa shape index (κ2) is 6.41. The zero-order chi connectivity index (χ0) is 14.7. The monoisotopic (exact) mass is 289 g/mol. The molecule has 0 aliphatic carbocycles. The number of pyridine rings is 1. The standard InChI is InChI=1S/C15H23N5O/c1-18(13-5-4-8-16-9-7-13)11-12-20-15(21)19-10-3-2-6-14(19)17-20/h2-3,6,10,13,16H,4-5,7-9,11-12H2,1H3. The summed E-state index contributed by atoms with van der Waals surface area (Å²) in [5.74, 6) is 0. The first-order chi connectivity index (χ1) is 10.3. The van der Waals surface area contributed by atoms with Crippen molar-refractivity contribution < 1.29 is 0 Å². The Morgan fingerprint density at radius 1 is 1.38 bits per heavy atom. The molecule has 0 spiro atoms. The van der Waals surface area contributed by atoms with E-state index in [2.05, 4.69) is 22.4 Å². The van der Waals surface area contributed by atoms with Gasteiger partial charge in [-0.2, -0.15) is 0 Å². The van der Waals surface area contributed by atoms with Crippen LogP contribution in [0.2, 0.25) is 0 Å². The average molecular weight is 289 g/mol. The van der Waals surface area contributed by atoms with E-state index in [1.165, 1.54) is 19.3 Å². The average Bonchev–Trinajstić information content (AvgIpc) is 2.71. The van der Waals surface area contributed by atoms with Crippen LogP contribution in [0, 0.1) is 0 Å². The third kappa shape index (κ3) is 3.16. The minimum absolute atomic E-state index is 0.0541. The van der Waals surface area contributed by atoms with Gasteiger partial charge in [-0.15, -0.1) is 5.10 Å². The molecule has 1 N–H and O–H groups in total. The summed E-state index contributed by atoms with van der Waals surface area (Å²) in [5, 5.41) is 7.81. The summed E-state index contributed by atoms with van der Waals surface area (Å²) in [6, 6.07) is 6.22. The van der Waals surface area contributed by atoms with E-state index in [-0.39, 0.29) is 5.69 Å². The van der Waals surface area contributed by atoms with E-state index in [1.54, 1.807) is 15.3 Å². The second-order valence-corrected chi connectivity index (χ2v) is 5.75. The largest absolute Gasteiger partial charge is 0.350 e. The van der Waals surface area contributed by atoms with Crippen LogP contribution in [0.15, 0.2) is 29.2 Å². The predicted octanol–water partition coefficient (Wildman–Crippen LogP) is 0.570. The molecule has 0 radical (unpaired) electrons. The molecule has 3 heterocycles. The summed E-state index contributed by atoms with van der Waals surface area (Å²) in [6.07, 6.45) is 5.39. The predicted molar refractivity (Wildman–Crippen MR) is 82.6 cm³/mol. The molecule has 0 saturated carbocycles. The van der Waals surface area contributed by atoms with Gasteiger partial charge in [-0.1, -0.05) is 6.07 Å². The first-order valence-electron chi connectivity index (χ1n) is 7.71. The van der Waals surface area contributed by atoms with Crippen LogP contribution in [-0.4, -0.2) is 51.8 Å². The first-order valence-corrected chi connectivity index (χ1v) is 7.71. The minimum atomic E-state index is -0.0541. The van der Waals surface area contributed by atoms with Crippen LogP contribution in [0.25, 0.3) is 5.65 Å². The molecule has 114 valence electrons. The van der Waals surface area contributed by atoms with Gasteiger partial charge in [-0.3, -0.25) is 4.40 Å². The summed E-state index contributed by atoms with van der Waals surface area (Å²) in [7, 11) is 2.15. The summed E-state index contributed by atoms with van der Waals surface area (Å²) < 4.78 is 3.16. The van der Waals surface area contributed by atoms with Crippen LogP contribution < -0.4 is 11.0 Å². The molecule has 2 aromatic rings. The van der Waals surface area contributed by atoms with E-state index in [0.717, 1.165) is 19.6 Å². The number of likely N-dealkylation sites (N-methyl/N-ethyl adjacent to an activating group) is 1. The van der Waals surface area contributed by atoms with Crippen LogP contribution >= 0.6 is 0 Å². The fraction of sp³-hybridized carbons (Fsp3) is 0.600. The zero-order valence-electron chi connectivity index (χ0n) is 12.5. The Kier molecular flexibility index (Phi) is 4.36. The molecule has 1 fully saturated rings. The maximum absolute atomic E-state index is 12.2. The zero-order valence-corrected chi connectivity index (χ0v) is 12.5. The maximum atomic E-state index is 12.2. The Labute approximate surface area is 124 Å². The van der Waals surface area contributed by atoms with Gasteiger partial charge in [0, 0.05) is 18.8 Å². The van der Waals surface area contributed by atoms with Gasteiger partial charge in [-0.05, 0) is 51.5 Å². The van der Waals surface area contributed by atoms with Crippen LogP contribution in [0.4, 0.5) is 0 Å². The van der Waals surface area contributed by atoms with Crippen molar-refractivity contribution in [2.24, 2.45) is 0 Å². The normalized spacial score (nSPS) is 20.0. The summed E-state index contributed by atoms with van der Waals surface area (Å²) in [6.45, 7) is 3.70. The molecule has 21 heavy (non-hydrogen) atoms. The summed E-state index contributed by atoms with van der Waals surface area (Å²) >= 11 is 0. The van der Waals surface area contributed by atoms with Gasteiger partial charge in [0.25, 0.3) is 0 Å². The van der Waals surface area contributed by atoms with Crippen molar-refractivity contribution in [3.63, 3.8) is 0 Å². The number of nitrogens with zero attached hydrogens (tertiary/aromatic N) is 4. The molecule has 0 aromatic carbocycles. The van der Waals surface area contributed by atoms with E-state index in [9.17, 15) is 4.79 Å². The van der Waals surface area contributed by atoms with Crippen LogP contribution in [-0.2, 0) is 6.54 Å². The van der Waals surface area contributed by atoms with Gasteiger partial charge in [-0.25, -0.2) is 9.48 Å². The van der Waals surface area contributed by atoms with Crippen molar-refractivity contribution in [1.29, 1.82) is 0 Å². The number of hydrogen-bond acceptors (Lipinski definition) is 4. The van der Waals surface area contributed by atoms with Crippen LogP contribution in [0.1, 0.15) is 19.3 Å². The molecule has 6 heteroatoms. The van der Waals surface area contributed by atoms with Gasteiger partial charge in [0.2, 0.25) is 0 Å². The van der Waals surface area contributed by atoms with Crippen molar-refractivity contribution in [2.45, 2.75) is 31.8 Å². The number of aromatic nitrogens is 3. The minimum Gasteiger partial charge on any atom is -0.317 e. The number of fused-ring (bicyclic) bond motifs is 1. The molecule has 1 aliphatic rings. The van der Waals surface area contributed by atoms with Crippen LogP contribution in [0.5, 0.6) is 0 Å². The van der Waals surface area contributed by atoms with E-state index in [1.807, 2.05) is 18.2 Å². The lowest BCUT2D eigenvalue weighted by Crippen LogP contribution is -2.36. The van der Waals surface area contributed by atoms with Crippen molar-refractivity contribution in [2.75, 3.05) is 26.7 Å². The Hall–Kier alpha value is -1.66. The smallest absolute Gasteiger partial charge is 0.317 e. The highest BCUT2D eigenvalue weighted by Crippen LogP contribution is 2.11. The van der Waals surface area contributed by atoms with Gasteiger partial charge in [0.15, 0.2) is 5.65 Å². The van der Waals surface area contributed by atoms with Crippen LogP contribution in [0.3, 0.4) is 0 Å². The van der Waals surface area contributed by atoms with Gasteiger partial charge in [0.1, 0.15) is 0 Å². The van der Waals surface area contributed by atoms with Crippen molar-refractivity contribution >= 4 is 5.65 Å². The molecule has 0 amide bonds. The molecule has 3 rings (SSSR count). The van der Waals surface area contributed by atoms with Crippen molar-refractivity contribution in [3.8, 4) is 0 Å².